The molecule has 0 saturated carbocycles. The summed E-state index contributed by atoms with van der Waals surface area (Å²) in [6, 6.07) is 36.6. The summed E-state index contributed by atoms with van der Waals surface area (Å²) < 4.78 is 10.4. The molecule has 33 heavy (non-hydrogen) atoms. The Morgan fingerprint density at radius 3 is 2.30 bits per heavy atom. The normalized spacial score (nSPS) is 14.0. The quantitative estimate of drug-likeness (QED) is 0.352. The van der Waals surface area contributed by atoms with Crippen LogP contribution in [0.1, 0.15) is 0 Å². The van der Waals surface area contributed by atoms with E-state index in [0.29, 0.717) is 0 Å². The second-order valence-corrected chi connectivity index (χ2v) is 8.34. The molecule has 0 atom stereocenters. The van der Waals surface area contributed by atoms with Gasteiger partial charge in [-0.3, -0.25) is 0 Å². The van der Waals surface area contributed by atoms with E-state index in [1.807, 2.05) is 48.0 Å². The van der Waals surface area contributed by atoms with Crippen LogP contribution in [-0.2, 0) is 0 Å². The third-order valence-electron chi connectivity index (χ3n) is 6.11. The lowest BCUT2D eigenvalue weighted by molar-refractivity contribution is -0.394. The Labute approximate surface area is 193 Å². The van der Waals surface area contributed by atoms with Crippen molar-refractivity contribution in [2.45, 2.75) is 0 Å². The van der Waals surface area contributed by atoms with Crippen LogP contribution in [0.2, 0.25) is 0 Å². The van der Waals surface area contributed by atoms with Gasteiger partial charge in [-0.2, -0.15) is 0 Å². The van der Waals surface area contributed by atoms with Crippen molar-refractivity contribution >= 4 is 40.1 Å². The highest BCUT2D eigenvalue weighted by molar-refractivity contribution is 5.82. The Balaban J connectivity index is 1.29. The van der Waals surface area contributed by atoms with E-state index in [2.05, 4.69) is 88.1 Å². The van der Waals surface area contributed by atoms with Crippen LogP contribution in [0.15, 0.2) is 97.1 Å². The zero-order chi connectivity index (χ0) is 22.4. The molecule has 0 aliphatic carbocycles. The van der Waals surface area contributed by atoms with Crippen molar-refractivity contribution < 1.29 is 9.31 Å². The first-order valence-corrected chi connectivity index (χ1v) is 11.0. The Bertz CT molecular complexity index is 1450. The number of nitrogens with zero attached hydrogens (tertiary/aromatic N) is 4. The van der Waals surface area contributed by atoms with E-state index in [1.165, 1.54) is 11.4 Å². The Morgan fingerprint density at radius 2 is 1.45 bits per heavy atom. The van der Waals surface area contributed by atoms with E-state index in [-0.39, 0.29) is 0 Å². The molecule has 2 heterocycles. The molecule has 0 aromatic heterocycles. The van der Waals surface area contributed by atoms with E-state index in [1.54, 1.807) is 0 Å². The maximum absolute atomic E-state index is 6.30. The highest BCUT2D eigenvalue weighted by Gasteiger charge is 2.32. The lowest BCUT2D eigenvalue weighted by atomic mass is 10.2. The Morgan fingerprint density at radius 1 is 0.758 bits per heavy atom. The SMILES string of the molecule is CN1CN(c2cccc(Oc3cccc([N+]4=C=[N+](C)c5ccccc54)c3)c2)c2ccccc21. The molecular weight excluding hydrogens is 408 g/mol. The van der Waals surface area contributed by atoms with Crippen molar-refractivity contribution in [1.82, 2.24) is 4.58 Å². The van der Waals surface area contributed by atoms with Gasteiger partial charge >= 0.3 is 6.01 Å². The number of fused-ring (bicyclic) bond motifs is 2. The summed E-state index contributed by atoms with van der Waals surface area (Å²) in [5.41, 5.74) is 6.80. The van der Waals surface area contributed by atoms with Crippen molar-refractivity contribution in [3.63, 3.8) is 0 Å². The fraction of sp³-hybridized carbons (Fsp3) is 0.107. The molecule has 160 valence electrons. The van der Waals surface area contributed by atoms with Gasteiger partial charge in [0.25, 0.3) is 11.4 Å². The van der Waals surface area contributed by atoms with Gasteiger partial charge in [0, 0.05) is 37.0 Å². The number of hydrogen-bond donors (Lipinski definition) is 0. The minimum Gasteiger partial charge on any atom is -0.457 e. The molecule has 0 fully saturated rings. The summed E-state index contributed by atoms with van der Waals surface area (Å²) in [6.45, 7) is 0.811. The number of hydrogen-bond acceptors (Lipinski definition) is 3. The van der Waals surface area contributed by atoms with Gasteiger partial charge in [-0.1, -0.05) is 41.0 Å². The summed E-state index contributed by atoms with van der Waals surface area (Å²) >= 11 is 0. The molecule has 2 aliphatic rings. The van der Waals surface area contributed by atoms with Gasteiger partial charge < -0.3 is 14.5 Å². The number of para-hydroxylation sites is 4. The van der Waals surface area contributed by atoms with Crippen LogP contribution in [0.4, 0.5) is 34.1 Å². The van der Waals surface area contributed by atoms with Gasteiger partial charge in [0.2, 0.25) is 5.69 Å². The van der Waals surface area contributed by atoms with Crippen LogP contribution in [0.5, 0.6) is 11.5 Å². The Hall–Kier alpha value is -4.34. The lowest BCUT2D eigenvalue weighted by Crippen LogP contribution is -2.23. The van der Waals surface area contributed by atoms with Crippen molar-refractivity contribution in [2.75, 3.05) is 30.6 Å². The van der Waals surface area contributed by atoms with E-state index in [9.17, 15) is 0 Å². The van der Waals surface area contributed by atoms with Gasteiger partial charge in [-0.15, -0.1) is 0 Å². The molecular formula is C28H24N4O+2. The summed E-state index contributed by atoms with van der Waals surface area (Å²) in [7, 11) is 4.13. The predicted molar refractivity (Wildman–Crippen MR) is 134 cm³/mol. The smallest absolute Gasteiger partial charge is 0.457 e. The monoisotopic (exact) mass is 432 g/mol. The molecule has 0 bridgehead atoms. The van der Waals surface area contributed by atoms with Crippen molar-refractivity contribution in [3.05, 3.63) is 97.1 Å². The molecule has 5 heteroatoms. The summed E-state index contributed by atoms with van der Waals surface area (Å²) in [4.78, 5) is 4.56. The second kappa shape index (κ2) is 7.66. The molecule has 4 aromatic carbocycles. The molecule has 0 unspecified atom stereocenters. The first-order valence-electron chi connectivity index (χ1n) is 11.0. The fourth-order valence-electron chi connectivity index (χ4n) is 4.53. The molecule has 0 spiro atoms. The zero-order valence-corrected chi connectivity index (χ0v) is 18.6. The van der Waals surface area contributed by atoms with E-state index >= 15 is 0 Å². The number of benzene rings is 4. The maximum atomic E-state index is 6.30. The van der Waals surface area contributed by atoms with Crippen LogP contribution >= 0.6 is 0 Å². The third-order valence-corrected chi connectivity index (χ3v) is 6.11. The van der Waals surface area contributed by atoms with Gasteiger partial charge in [-0.25, -0.2) is 0 Å². The molecule has 0 saturated heterocycles. The first kappa shape index (κ1) is 19.4. The summed E-state index contributed by atoms with van der Waals surface area (Å²) in [5, 5.41) is 0. The molecule has 4 aromatic rings. The van der Waals surface area contributed by atoms with Crippen molar-refractivity contribution in [2.24, 2.45) is 0 Å². The van der Waals surface area contributed by atoms with Gasteiger partial charge in [-0.05, 0) is 34.9 Å². The topological polar surface area (TPSA) is 21.7 Å². The van der Waals surface area contributed by atoms with Gasteiger partial charge in [0.15, 0.2) is 7.05 Å². The largest absolute Gasteiger partial charge is 0.496 e. The van der Waals surface area contributed by atoms with Crippen molar-refractivity contribution in [1.29, 1.82) is 0 Å². The minimum atomic E-state index is 0.789. The number of ether oxygens (including phenoxy) is 1. The average molecular weight is 433 g/mol. The van der Waals surface area contributed by atoms with Gasteiger partial charge in [0.05, 0.1) is 24.1 Å². The van der Waals surface area contributed by atoms with Crippen molar-refractivity contribution in [3.8, 4) is 11.5 Å². The third kappa shape index (κ3) is 3.36. The molecule has 0 N–H and O–H groups in total. The predicted octanol–water partition coefficient (Wildman–Crippen LogP) is 6.32. The maximum Gasteiger partial charge on any atom is 0.496 e. The number of rotatable bonds is 4. The first-order chi connectivity index (χ1) is 16.2. The van der Waals surface area contributed by atoms with Crippen LogP contribution in [0.3, 0.4) is 0 Å². The molecule has 0 radical (unpaired) electrons. The van der Waals surface area contributed by atoms with E-state index in [4.69, 9.17) is 4.74 Å². The number of anilines is 3. The zero-order valence-electron chi connectivity index (χ0n) is 18.6. The minimum absolute atomic E-state index is 0.789. The highest BCUT2D eigenvalue weighted by atomic mass is 16.5. The Kier molecular flexibility index (Phi) is 4.49. The van der Waals surface area contributed by atoms with Crippen LogP contribution in [0, 0.1) is 0 Å². The average Bonchev–Trinajstić information content (AvgIpc) is 3.37. The van der Waals surface area contributed by atoms with Crippen LogP contribution in [0.25, 0.3) is 0 Å². The summed E-state index contributed by atoms with van der Waals surface area (Å²) in [6.07, 6.45) is 0. The van der Waals surface area contributed by atoms with E-state index in [0.717, 1.165) is 40.9 Å². The van der Waals surface area contributed by atoms with Crippen LogP contribution < -0.4 is 19.1 Å². The second-order valence-electron chi connectivity index (χ2n) is 8.34. The molecule has 6 rings (SSSR count). The van der Waals surface area contributed by atoms with E-state index < -0.39 is 0 Å². The molecule has 5 nitrogen and oxygen atoms in total. The molecule has 2 aliphatic heterocycles. The summed E-state index contributed by atoms with van der Waals surface area (Å²) in [5.74, 6) is 1.60. The standard InChI is InChI=1S/C28H24N4O/c1-29-19-31(27-15-5-3-13-25(27)29)21-9-7-11-23(17-21)33-24-12-8-10-22(18-24)32-20-30(2)26-14-4-6-16-28(26)32/h3-18H,19H2,1-2H3/q+2. The molecule has 0 amide bonds. The van der Waals surface area contributed by atoms with Crippen LogP contribution in [-0.4, -0.2) is 31.3 Å². The lowest BCUT2D eigenvalue weighted by Gasteiger charge is -2.20. The highest BCUT2D eigenvalue weighted by Crippen LogP contribution is 2.41. The fourth-order valence-corrected chi connectivity index (χ4v) is 4.53. The van der Waals surface area contributed by atoms with Gasteiger partial charge in [0.1, 0.15) is 11.5 Å².